The van der Waals surface area contributed by atoms with Crippen LogP contribution in [0, 0.1) is 0 Å². The fourth-order valence-electron chi connectivity index (χ4n) is 1.79. The highest BCUT2D eigenvalue weighted by Gasteiger charge is 2.12. The molecule has 1 amide bonds. The average Bonchev–Trinajstić information content (AvgIpc) is 2.98. The summed E-state index contributed by atoms with van der Waals surface area (Å²) >= 11 is 1.45. The minimum absolute atomic E-state index is 0.142. The largest absolute Gasteiger partial charge is 0.486 e. The molecule has 1 aliphatic heterocycles. The van der Waals surface area contributed by atoms with E-state index in [1.54, 1.807) is 24.4 Å². The highest BCUT2D eigenvalue weighted by Crippen LogP contribution is 2.32. The van der Waals surface area contributed by atoms with E-state index < -0.39 is 0 Å². The number of carbonyl (C=O) groups is 1. The molecule has 0 fully saturated rings. The quantitative estimate of drug-likeness (QED) is 0.901. The van der Waals surface area contributed by atoms with Crippen molar-refractivity contribution in [2.75, 3.05) is 30.4 Å². The Kier molecular flexibility index (Phi) is 3.69. The van der Waals surface area contributed by atoms with Gasteiger partial charge in [-0.05, 0) is 12.1 Å². The van der Waals surface area contributed by atoms with E-state index in [0.29, 0.717) is 30.4 Å². The summed E-state index contributed by atoms with van der Waals surface area (Å²) < 4.78 is 10.9. The molecule has 0 saturated carbocycles. The molecule has 0 bridgehead atoms. The molecule has 0 saturated heterocycles. The molecule has 0 spiro atoms. The van der Waals surface area contributed by atoms with E-state index >= 15 is 0 Å². The molecule has 20 heavy (non-hydrogen) atoms. The molecular formula is C13H13N3O3S. The monoisotopic (exact) mass is 291 g/mol. The second-order valence-corrected chi connectivity index (χ2v) is 4.99. The molecule has 1 aromatic carbocycles. The highest BCUT2D eigenvalue weighted by atomic mass is 32.1. The van der Waals surface area contributed by atoms with Gasteiger partial charge >= 0.3 is 0 Å². The summed E-state index contributed by atoms with van der Waals surface area (Å²) in [4.78, 5) is 15.9. The number of hydrogen-bond acceptors (Lipinski definition) is 6. The number of nitrogens with one attached hydrogen (secondary N) is 2. The first-order valence-electron chi connectivity index (χ1n) is 6.14. The maximum absolute atomic E-state index is 11.8. The summed E-state index contributed by atoms with van der Waals surface area (Å²) in [7, 11) is 0. The van der Waals surface area contributed by atoms with Crippen LogP contribution < -0.4 is 20.1 Å². The summed E-state index contributed by atoms with van der Waals surface area (Å²) in [5, 5.41) is 8.31. The lowest BCUT2D eigenvalue weighted by molar-refractivity contribution is -0.114. The maximum Gasteiger partial charge on any atom is 0.243 e. The zero-order valence-corrected chi connectivity index (χ0v) is 11.4. The summed E-state index contributed by atoms with van der Waals surface area (Å²) in [5.74, 6) is 1.22. The molecule has 0 radical (unpaired) electrons. The lowest BCUT2D eigenvalue weighted by atomic mass is 10.2. The zero-order chi connectivity index (χ0) is 13.8. The molecule has 7 heteroatoms. The third-order valence-corrected chi connectivity index (χ3v) is 3.39. The molecule has 2 N–H and O–H groups in total. The van der Waals surface area contributed by atoms with Crippen LogP contribution in [0.25, 0.3) is 0 Å². The van der Waals surface area contributed by atoms with E-state index in [-0.39, 0.29) is 12.5 Å². The van der Waals surface area contributed by atoms with Gasteiger partial charge in [0.25, 0.3) is 0 Å². The van der Waals surface area contributed by atoms with E-state index in [1.165, 1.54) is 11.3 Å². The number of nitrogens with zero attached hydrogens (tertiary/aromatic N) is 1. The van der Waals surface area contributed by atoms with Gasteiger partial charge in [0.05, 0.1) is 6.54 Å². The molecule has 0 aliphatic carbocycles. The van der Waals surface area contributed by atoms with Crippen LogP contribution in [0.1, 0.15) is 0 Å². The lowest BCUT2D eigenvalue weighted by Gasteiger charge is -2.19. The Morgan fingerprint density at radius 3 is 2.95 bits per heavy atom. The zero-order valence-electron chi connectivity index (χ0n) is 10.6. The number of anilines is 2. The third kappa shape index (κ3) is 3.00. The minimum atomic E-state index is -0.142. The van der Waals surface area contributed by atoms with Gasteiger partial charge in [0.2, 0.25) is 5.91 Å². The Morgan fingerprint density at radius 1 is 1.30 bits per heavy atom. The number of carbonyl (C=O) groups excluding carboxylic acids is 1. The second kappa shape index (κ2) is 5.79. The normalized spacial score (nSPS) is 12.8. The lowest BCUT2D eigenvalue weighted by Crippen LogP contribution is -2.22. The van der Waals surface area contributed by atoms with Gasteiger partial charge in [0.1, 0.15) is 13.2 Å². The van der Waals surface area contributed by atoms with Gasteiger partial charge in [-0.3, -0.25) is 4.79 Å². The number of thiazole rings is 1. The molecular weight excluding hydrogens is 278 g/mol. The van der Waals surface area contributed by atoms with E-state index in [1.807, 2.05) is 5.38 Å². The van der Waals surface area contributed by atoms with Crippen molar-refractivity contribution in [1.82, 2.24) is 4.98 Å². The standard InChI is InChI=1S/C13H13N3O3S/c17-12(8-15-13-14-3-6-20-13)16-9-1-2-10-11(7-9)19-5-4-18-10/h1-3,6-7H,4-5,8H2,(H,14,15)(H,16,17). The Balaban J connectivity index is 1.58. The molecule has 6 nitrogen and oxygen atoms in total. The fourth-order valence-corrected chi connectivity index (χ4v) is 2.32. The number of amides is 1. The van der Waals surface area contributed by atoms with Gasteiger partial charge in [0.15, 0.2) is 16.6 Å². The van der Waals surface area contributed by atoms with Crippen molar-refractivity contribution in [3.8, 4) is 11.5 Å². The van der Waals surface area contributed by atoms with Crippen LogP contribution in [0.3, 0.4) is 0 Å². The van der Waals surface area contributed by atoms with Crippen LogP contribution in [-0.2, 0) is 4.79 Å². The minimum Gasteiger partial charge on any atom is -0.486 e. The summed E-state index contributed by atoms with van der Waals surface area (Å²) in [6.45, 7) is 1.24. The van der Waals surface area contributed by atoms with Crippen LogP contribution in [0.15, 0.2) is 29.8 Å². The van der Waals surface area contributed by atoms with Crippen molar-refractivity contribution in [2.24, 2.45) is 0 Å². The molecule has 1 aliphatic rings. The molecule has 2 heterocycles. The molecule has 104 valence electrons. The van der Waals surface area contributed by atoms with Gasteiger partial charge in [-0.25, -0.2) is 4.98 Å². The number of rotatable bonds is 4. The Bertz CT molecular complexity index is 601. The van der Waals surface area contributed by atoms with Crippen molar-refractivity contribution >= 4 is 28.1 Å². The van der Waals surface area contributed by atoms with Crippen molar-refractivity contribution < 1.29 is 14.3 Å². The Hall–Kier alpha value is -2.28. The molecule has 3 rings (SSSR count). The van der Waals surface area contributed by atoms with Crippen molar-refractivity contribution in [3.63, 3.8) is 0 Å². The number of hydrogen-bond donors (Lipinski definition) is 2. The van der Waals surface area contributed by atoms with Crippen LogP contribution in [0.5, 0.6) is 11.5 Å². The van der Waals surface area contributed by atoms with Crippen molar-refractivity contribution in [2.45, 2.75) is 0 Å². The first kappa shape index (κ1) is 12.7. The van der Waals surface area contributed by atoms with Gasteiger partial charge in [0, 0.05) is 23.3 Å². The number of fused-ring (bicyclic) bond motifs is 1. The summed E-state index contributed by atoms with van der Waals surface area (Å²) in [6.07, 6.45) is 1.69. The second-order valence-electron chi connectivity index (χ2n) is 4.10. The van der Waals surface area contributed by atoms with Crippen molar-refractivity contribution in [1.29, 1.82) is 0 Å². The van der Waals surface area contributed by atoms with E-state index in [0.717, 1.165) is 5.13 Å². The van der Waals surface area contributed by atoms with E-state index in [4.69, 9.17) is 9.47 Å². The van der Waals surface area contributed by atoms with Crippen LogP contribution in [0.4, 0.5) is 10.8 Å². The fraction of sp³-hybridized carbons (Fsp3) is 0.231. The first-order valence-corrected chi connectivity index (χ1v) is 7.02. The Labute approximate surface area is 119 Å². The van der Waals surface area contributed by atoms with Gasteiger partial charge in [-0.2, -0.15) is 0 Å². The summed E-state index contributed by atoms with van der Waals surface area (Å²) in [6, 6.07) is 5.34. The molecule has 0 atom stereocenters. The number of aromatic nitrogens is 1. The molecule has 1 aromatic heterocycles. The molecule has 2 aromatic rings. The molecule has 0 unspecified atom stereocenters. The average molecular weight is 291 g/mol. The third-order valence-electron chi connectivity index (χ3n) is 2.66. The topological polar surface area (TPSA) is 72.5 Å². The first-order chi connectivity index (χ1) is 9.81. The SMILES string of the molecule is O=C(CNc1nccs1)Nc1ccc2c(c1)OCCO2. The smallest absolute Gasteiger partial charge is 0.243 e. The van der Waals surface area contributed by atoms with E-state index in [2.05, 4.69) is 15.6 Å². The van der Waals surface area contributed by atoms with Crippen molar-refractivity contribution in [3.05, 3.63) is 29.8 Å². The van der Waals surface area contributed by atoms with Crippen LogP contribution in [-0.4, -0.2) is 30.6 Å². The predicted octanol–water partition coefficient (Wildman–Crippen LogP) is 1.96. The predicted molar refractivity (Wildman–Crippen MR) is 76.7 cm³/mol. The number of ether oxygens (including phenoxy) is 2. The van der Waals surface area contributed by atoms with E-state index in [9.17, 15) is 4.79 Å². The van der Waals surface area contributed by atoms with Crippen LogP contribution >= 0.6 is 11.3 Å². The Morgan fingerprint density at radius 2 is 2.15 bits per heavy atom. The van der Waals surface area contributed by atoms with Gasteiger partial charge in [-0.15, -0.1) is 11.3 Å². The van der Waals surface area contributed by atoms with Crippen LogP contribution in [0.2, 0.25) is 0 Å². The van der Waals surface area contributed by atoms with Gasteiger partial charge in [-0.1, -0.05) is 0 Å². The van der Waals surface area contributed by atoms with Gasteiger partial charge < -0.3 is 20.1 Å². The number of benzene rings is 1. The summed E-state index contributed by atoms with van der Waals surface area (Å²) in [5.41, 5.74) is 0.681. The highest BCUT2D eigenvalue weighted by molar-refractivity contribution is 7.13. The maximum atomic E-state index is 11.8.